The van der Waals surface area contributed by atoms with Crippen LogP contribution < -0.4 is 11.5 Å². The average Bonchev–Trinajstić information content (AvgIpc) is 3.13. The third kappa shape index (κ3) is 3.83. The van der Waals surface area contributed by atoms with Crippen LogP contribution in [0.1, 0.15) is 12.8 Å². The first-order chi connectivity index (χ1) is 9.21. The molecule has 1 heterocycles. The van der Waals surface area contributed by atoms with E-state index < -0.39 is 24.2 Å². The lowest BCUT2D eigenvalue weighted by atomic mass is 9.92. The van der Waals surface area contributed by atoms with Gasteiger partial charge in [-0.3, -0.25) is 14.6 Å². The van der Waals surface area contributed by atoms with Gasteiger partial charge < -0.3 is 11.5 Å². The molecule has 0 radical (unpaired) electrons. The van der Waals surface area contributed by atoms with Gasteiger partial charge in [-0.2, -0.15) is 13.2 Å². The summed E-state index contributed by atoms with van der Waals surface area (Å²) < 4.78 is 36.9. The molecule has 20 heavy (non-hydrogen) atoms. The number of primary amides is 1. The van der Waals surface area contributed by atoms with Crippen molar-refractivity contribution in [3.63, 3.8) is 0 Å². The van der Waals surface area contributed by atoms with Gasteiger partial charge in [-0.05, 0) is 18.8 Å². The molecule has 1 atom stereocenters. The molecule has 0 aromatic rings. The first-order valence-electron chi connectivity index (χ1n) is 6.81. The molecule has 2 aliphatic rings. The zero-order valence-electron chi connectivity index (χ0n) is 11.3. The van der Waals surface area contributed by atoms with Crippen molar-refractivity contribution in [3.05, 3.63) is 0 Å². The molecular weight excluding hydrogens is 273 g/mol. The second-order valence-electron chi connectivity index (χ2n) is 5.85. The van der Waals surface area contributed by atoms with Crippen molar-refractivity contribution in [2.75, 3.05) is 39.3 Å². The molecule has 0 aromatic heterocycles. The lowest BCUT2D eigenvalue weighted by Gasteiger charge is -2.39. The Morgan fingerprint density at radius 3 is 1.85 bits per heavy atom. The van der Waals surface area contributed by atoms with Gasteiger partial charge in [-0.25, -0.2) is 0 Å². The fraction of sp³-hybridized carbons (Fsp3) is 0.917. The van der Waals surface area contributed by atoms with Crippen LogP contribution in [0.25, 0.3) is 0 Å². The molecule has 1 saturated heterocycles. The van der Waals surface area contributed by atoms with Crippen molar-refractivity contribution in [2.24, 2.45) is 17.4 Å². The molecule has 1 amide bonds. The Hall–Kier alpha value is -0.860. The van der Waals surface area contributed by atoms with Crippen LogP contribution in [-0.4, -0.2) is 66.7 Å². The fourth-order valence-electron chi connectivity index (χ4n) is 2.74. The van der Waals surface area contributed by atoms with Crippen LogP contribution >= 0.6 is 0 Å². The first-order valence-corrected chi connectivity index (χ1v) is 6.81. The van der Waals surface area contributed by atoms with Gasteiger partial charge in [0.2, 0.25) is 5.91 Å². The largest absolute Gasteiger partial charge is 0.401 e. The van der Waals surface area contributed by atoms with Crippen LogP contribution in [0.15, 0.2) is 0 Å². The molecule has 1 aliphatic heterocycles. The maximum absolute atomic E-state index is 12.3. The van der Waals surface area contributed by atoms with Gasteiger partial charge in [-0.15, -0.1) is 0 Å². The summed E-state index contributed by atoms with van der Waals surface area (Å²) >= 11 is 0. The van der Waals surface area contributed by atoms with E-state index in [1.807, 2.05) is 4.90 Å². The highest BCUT2D eigenvalue weighted by Crippen LogP contribution is 2.38. The number of carbonyl (C=O) groups is 1. The van der Waals surface area contributed by atoms with E-state index in [0.717, 1.165) is 12.8 Å². The van der Waals surface area contributed by atoms with E-state index in [-0.39, 0.29) is 5.92 Å². The Bertz CT molecular complexity index is 364. The number of hydrogen-bond acceptors (Lipinski definition) is 4. The van der Waals surface area contributed by atoms with Gasteiger partial charge in [0.25, 0.3) is 0 Å². The molecule has 0 bridgehead atoms. The fourth-order valence-corrected chi connectivity index (χ4v) is 2.74. The van der Waals surface area contributed by atoms with E-state index in [1.54, 1.807) is 0 Å². The van der Waals surface area contributed by atoms with Gasteiger partial charge in [0.05, 0.1) is 6.54 Å². The molecule has 1 aliphatic carbocycles. The number of rotatable bonds is 5. The second-order valence-corrected chi connectivity index (χ2v) is 5.85. The van der Waals surface area contributed by atoms with E-state index in [2.05, 4.69) is 0 Å². The summed E-state index contributed by atoms with van der Waals surface area (Å²) in [5.74, 6) is -0.397. The lowest BCUT2D eigenvalue weighted by molar-refractivity contribution is -0.149. The third-order valence-electron chi connectivity index (χ3n) is 4.12. The number of nitrogens with two attached hydrogens (primary N) is 2. The molecule has 1 saturated carbocycles. The van der Waals surface area contributed by atoms with Crippen LogP contribution in [0.5, 0.6) is 0 Å². The van der Waals surface area contributed by atoms with Crippen LogP contribution in [0.2, 0.25) is 0 Å². The monoisotopic (exact) mass is 294 g/mol. The quantitative estimate of drug-likeness (QED) is 0.734. The maximum atomic E-state index is 12.3. The average molecular weight is 294 g/mol. The molecule has 8 heteroatoms. The first kappa shape index (κ1) is 15.5. The molecule has 1 unspecified atom stereocenters. The number of alkyl halides is 3. The van der Waals surface area contributed by atoms with Crippen LogP contribution in [-0.2, 0) is 4.79 Å². The predicted octanol–water partition coefficient (Wildman–Crippen LogP) is -0.241. The zero-order valence-corrected chi connectivity index (χ0v) is 11.3. The maximum Gasteiger partial charge on any atom is 0.401 e. The van der Waals surface area contributed by atoms with Gasteiger partial charge >= 0.3 is 6.18 Å². The summed E-state index contributed by atoms with van der Waals surface area (Å²) in [5.41, 5.74) is 10.5. The predicted molar refractivity (Wildman–Crippen MR) is 67.8 cm³/mol. The number of hydrogen-bond donors (Lipinski definition) is 2. The standard InChI is InChI=1S/C12H21F3N4O/c13-12(14,15)8-19-5-3-18(4-6-19)7-11(17,10(16)20)9-1-2-9/h9H,1-8,17H2,(H2,16,20). The number of amides is 1. The molecule has 0 aromatic carbocycles. The summed E-state index contributed by atoms with van der Waals surface area (Å²) in [7, 11) is 0. The Kier molecular flexibility index (Phi) is 4.27. The van der Waals surface area contributed by atoms with Crippen molar-refractivity contribution in [2.45, 2.75) is 24.6 Å². The SMILES string of the molecule is NC(=O)C(N)(CN1CCN(CC(F)(F)F)CC1)C1CC1. The van der Waals surface area contributed by atoms with Crippen molar-refractivity contribution in [1.29, 1.82) is 0 Å². The van der Waals surface area contributed by atoms with E-state index in [9.17, 15) is 18.0 Å². The van der Waals surface area contributed by atoms with E-state index in [4.69, 9.17) is 11.5 Å². The van der Waals surface area contributed by atoms with Crippen LogP contribution in [0.3, 0.4) is 0 Å². The number of carbonyl (C=O) groups excluding carboxylic acids is 1. The highest BCUT2D eigenvalue weighted by atomic mass is 19.4. The summed E-state index contributed by atoms with van der Waals surface area (Å²) in [6.45, 7) is 1.09. The van der Waals surface area contributed by atoms with Gasteiger partial charge in [-0.1, -0.05) is 0 Å². The summed E-state index contributed by atoms with van der Waals surface area (Å²) in [5, 5.41) is 0. The third-order valence-corrected chi connectivity index (χ3v) is 4.12. The van der Waals surface area contributed by atoms with E-state index in [1.165, 1.54) is 4.90 Å². The Labute approximate surface area is 116 Å². The van der Waals surface area contributed by atoms with Crippen LogP contribution in [0.4, 0.5) is 13.2 Å². The van der Waals surface area contributed by atoms with E-state index in [0.29, 0.717) is 32.7 Å². The minimum atomic E-state index is -4.17. The Morgan fingerprint density at radius 1 is 1.05 bits per heavy atom. The summed E-state index contributed by atoms with van der Waals surface area (Å²) in [6, 6.07) is 0. The van der Waals surface area contributed by atoms with Crippen molar-refractivity contribution in [3.8, 4) is 0 Å². The number of piperazine rings is 1. The Balaban J connectivity index is 1.83. The number of halogens is 3. The van der Waals surface area contributed by atoms with Crippen LogP contribution in [0, 0.1) is 5.92 Å². The van der Waals surface area contributed by atoms with Gasteiger partial charge in [0, 0.05) is 32.7 Å². The highest BCUT2D eigenvalue weighted by molar-refractivity contribution is 5.85. The minimum Gasteiger partial charge on any atom is -0.368 e. The lowest BCUT2D eigenvalue weighted by Crippen LogP contribution is -2.63. The van der Waals surface area contributed by atoms with Gasteiger partial charge in [0.1, 0.15) is 5.54 Å². The Morgan fingerprint density at radius 2 is 1.50 bits per heavy atom. The smallest absolute Gasteiger partial charge is 0.368 e. The summed E-state index contributed by atoms with van der Waals surface area (Å²) in [6.07, 6.45) is -2.37. The second kappa shape index (κ2) is 5.50. The summed E-state index contributed by atoms with van der Waals surface area (Å²) in [4.78, 5) is 14.9. The molecular formula is C12H21F3N4O. The molecule has 5 nitrogen and oxygen atoms in total. The minimum absolute atomic E-state index is 0.119. The topological polar surface area (TPSA) is 75.6 Å². The molecule has 4 N–H and O–H groups in total. The van der Waals surface area contributed by atoms with Gasteiger partial charge in [0.15, 0.2) is 0 Å². The molecule has 116 valence electrons. The normalized spacial score (nSPS) is 25.4. The number of nitrogens with zero attached hydrogens (tertiary/aromatic N) is 2. The molecule has 0 spiro atoms. The van der Waals surface area contributed by atoms with E-state index >= 15 is 0 Å². The zero-order chi connectivity index (χ0) is 15.0. The van der Waals surface area contributed by atoms with Crippen molar-refractivity contribution >= 4 is 5.91 Å². The molecule has 2 fully saturated rings. The highest BCUT2D eigenvalue weighted by Gasteiger charge is 2.48. The van der Waals surface area contributed by atoms with Crippen molar-refractivity contribution in [1.82, 2.24) is 9.80 Å². The van der Waals surface area contributed by atoms with Crippen molar-refractivity contribution < 1.29 is 18.0 Å². The molecule has 2 rings (SSSR count).